The van der Waals surface area contributed by atoms with Crippen molar-refractivity contribution in [3.8, 4) is 10.6 Å². The summed E-state index contributed by atoms with van der Waals surface area (Å²) in [6.07, 6.45) is 2.20. The number of carbonyl (C=O) groups is 1. The number of nitrogens with one attached hydrogen (secondary N) is 1. The Kier molecular flexibility index (Phi) is 3.91. The number of allylic oxidation sites excluding steroid dienone is 2. The van der Waals surface area contributed by atoms with Gasteiger partial charge in [0, 0.05) is 10.9 Å². The van der Waals surface area contributed by atoms with Crippen molar-refractivity contribution in [3.05, 3.63) is 28.5 Å². The van der Waals surface area contributed by atoms with Crippen LogP contribution in [0.4, 0.5) is 5.13 Å². The van der Waals surface area contributed by atoms with Crippen molar-refractivity contribution in [2.45, 2.75) is 27.7 Å². The van der Waals surface area contributed by atoms with Gasteiger partial charge in [0.15, 0.2) is 0 Å². The van der Waals surface area contributed by atoms with Crippen LogP contribution in [0.1, 0.15) is 27.7 Å². The van der Waals surface area contributed by atoms with Gasteiger partial charge in [-0.3, -0.25) is 4.79 Å². The first-order valence-corrected chi connectivity index (χ1v) is 8.97. The highest BCUT2D eigenvalue weighted by atomic mass is 32.1. The zero-order chi connectivity index (χ0) is 15.9. The number of rotatable bonds is 4. The minimum Gasteiger partial charge on any atom is -0.300 e. The van der Waals surface area contributed by atoms with Gasteiger partial charge in [0.1, 0.15) is 5.01 Å². The van der Waals surface area contributed by atoms with Gasteiger partial charge in [-0.15, -0.1) is 10.2 Å². The zero-order valence-electron chi connectivity index (χ0n) is 13.1. The van der Waals surface area contributed by atoms with Gasteiger partial charge < -0.3 is 5.32 Å². The van der Waals surface area contributed by atoms with Crippen LogP contribution in [0.5, 0.6) is 0 Å². The molecule has 1 N–H and O–H groups in total. The minimum absolute atomic E-state index is 0.0101. The second kappa shape index (κ2) is 5.59. The van der Waals surface area contributed by atoms with Gasteiger partial charge in [-0.25, -0.2) is 0 Å². The first-order chi connectivity index (χ1) is 10.4. The predicted octanol–water partition coefficient (Wildman–Crippen LogP) is 4.44. The number of hydrogen-bond acceptors (Lipinski definition) is 5. The molecule has 1 aliphatic rings. The second-order valence-electron chi connectivity index (χ2n) is 6.48. The van der Waals surface area contributed by atoms with Crippen LogP contribution in [0.3, 0.4) is 0 Å². The van der Waals surface area contributed by atoms with Crippen LogP contribution < -0.4 is 5.32 Å². The topological polar surface area (TPSA) is 54.9 Å². The van der Waals surface area contributed by atoms with Crippen molar-refractivity contribution in [3.63, 3.8) is 0 Å². The van der Waals surface area contributed by atoms with E-state index in [4.69, 9.17) is 0 Å². The molecule has 1 amide bonds. The molecule has 1 fully saturated rings. The van der Waals surface area contributed by atoms with Crippen LogP contribution >= 0.6 is 22.7 Å². The lowest BCUT2D eigenvalue weighted by Gasteiger charge is -2.01. The number of amides is 1. The molecule has 2 heterocycles. The minimum atomic E-state index is 0.0101. The third-order valence-electron chi connectivity index (χ3n) is 4.13. The van der Waals surface area contributed by atoms with Crippen molar-refractivity contribution in [2.24, 2.45) is 17.3 Å². The average molecular weight is 333 g/mol. The standard InChI is InChI=1S/C16H19N3OS2/c1-9(2)7-11-12(16(11,3)4)13(20)17-15-19-18-14(22-15)10-5-6-21-8-10/h5-8,11-12H,1-4H3,(H,17,19,20)/t11-,12+/m1/s1. The van der Waals surface area contributed by atoms with E-state index in [1.54, 1.807) is 11.3 Å². The van der Waals surface area contributed by atoms with E-state index >= 15 is 0 Å². The second-order valence-corrected chi connectivity index (χ2v) is 8.24. The summed E-state index contributed by atoms with van der Waals surface area (Å²) in [6.45, 7) is 8.42. The van der Waals surface area contributed by atoms with Crippen molar-refractivity contribution in [1.82, 2.24) is 10.2 Å². The fourth-order valence-electron chi connectivity index (χ4n) is 2.81. The van der Waals surface area contributed by atoms with Crippen molar-refractivity contribution >= 4 is 33.7 Å². The lowest BCUT2D eigenvalue weighted by atomic mass is 10.1. The quantitative estimate of drug-likeness (QED) is 0.841. The molecule has 1 saturated carbocycles. The van der Waals surface area contributed by atoms with Crippen LogP contribution in [0, 0.1) is 17.3 Å². The molecule has 116 valence electrons. The van der Waals surface area contributed by atoms with Crippen molar-refractivity contribution in [2.75, 3.05) is 5.32 Å². The molecule has 0 bridgehead atoms. The summed E-state index contributed by atoms with van der Waals surface area (Å²) in [7, 11) is 0. The molecular weight excluding hydrogens is 314 g/mol. The Balaban J connectivity index is 1.69. The highest BCUT2D eigenvalue weighted by Crippen LogP contribution is 2.59. The Labute approximate surface area is 138 Å². The molecule has 2 atom stereocenters. The van der Waals surface area contributed by atoms with Crippen molar-refractivity contribution < 1.29 is 4.79 Å². The molecule has 6 heteroatoms. The van der Waals surface area contributed by atoms with E-state index in [2.05, 4.69) is 49.3 Å². The molecule has 0 spiro atoms. The molecular formula is C16H19N3OS2. The third-order valence-corrected chi connectivity index (χ3v) is 5.70. The van der Waals surface area contributed by atoms with E-state index in [1.807, 2.05) is 16.8 Å². The third kappa shape index (κ3) is 2.85. The van der Waals surface area contributed by atoms with Crippen LogP contribution in [-0.2, 0) is 4.79 Å². The molecule has 4 nitrogen and oxygen atoms in total. The Morgan fingerprint density at radius 1 is 1.36 bits per heavy atom. The van der Waals surface area contributed by atoms with Gasteiger partial charge in [0.25, 0.3) is 0 Å². The maximum atomic E-state index is 12.5. The maximum Gasteiger partial charge on any atom is 0.230 e. The first kappa shape index (κ1) is 15.4. The molecule has 0 aromatic carbocycles. The first-order valence-electron chi connectivity index (χ1n) is 7.21. The molecule has 2 aromatic heterocycles. The van der Waals surface area contributed by atoms with Crippen LogP contribution in [-0.4, -0.2) is 16.1 Å². The van der Waals surface area contributed by atoms with Crippen LogP contribution in [0.2, 0.25) is 0 Å². The van der Waals surface area contributed by atoms with E-state index in [9.17, 15) is 4.79 Å². The van der Waals surface area contributed by atoms with Crippen molar-refractivity contribution in [1.29, 1.82) is 0 Å². The Bertz CT molecular complexity index is 712. The fourth-order valence-corrected chi connectivity index (χ4v) is 4.27. The molecule has 0 radical (unpaired) electrons. The van der Waals surface area contributed by atoms with E-state index < -0.39 is 0 Å². The average Bonchev–Trinajstić information content (AvgIpc) is 2.90. The van der Waals surface area contributed by atoms with Gasteiger partial charge in [0.2, 0.25) is 11.0 Å². The van der Waals surface area contributed by atoms with Gasteiger partial charge in [-0.1, -0.05) is 36.8 Å². The highest BCUT2D eigenvalue weighted by molar-refractivity contribution is 7.19. The van der Waals surface area contributed by atoms with E-state index in [0.29, 0.717) is 11.0 Å². The number of carbonyl (C=O) groups excluding carboxylic acids is 1. The van der Waals surface area contributed by atoms with Gasteiger partial charge in [-0.2, -0.15) is 11.3 Å². The smallest absolute Gasteiger partial charge is 0.230 e. The summed E-state index contributed by atoms with van der Waals surface area (Å²) in [6, 6.07) is 2.01. The SMILES string of the molecule is CC(C)=C[C@@H]1[C@@H](C(=O)Nc2nnc(-c3ccsc3)s2)C1(C)C. The summed E-state index contributed by atoms with van der Waals surface area (Å²) >= 11 is 3.04. The predicted molar refractivity (Wildman–Crippen MR) is 92.0 cm³/mol. The van der Waals surface area contributed by atoms with Crippen LogP contribution in [0.15, 0.2) is 28.5 Å². The largest absolute Gasteiger partial charge is 0.300 e. The molecule has 0 aliphatic heterocycles. The van der Waals surface area contributed by atoms with E-state index in [1.165, 1.54) is 16.9 Å². The number of anilines is 1. The Morgan fingerprint density at radius 2 is 2.14 bits per heavy atom. The number of hydrogen-bond donors (Lipinski definition) is 1. The lowest BCUT2D eigenvalue weighted by molar-refractivity contribution is -0.118. The van der Waals surface area contributed by atoms with Crippen LogP contribution in [0.25, 0.3) is 10.6 Å². The molecule has 22 heavy (non-hydrogen) atoms. The summed E-state index contributed by atoms with van der Waals surface area (Å²) in [5.74, 6) is 0.359. The molecule has 0 saturated heterocycles. The maximum absolute atomic E-state index is 12.5. The normalized spacial score (nSPS) is 22.2. The number of aromatic nitrogens is 2. The Morgan fingerprint density at radius 3 is 2.77 bits per heavy atom. The molecule has 1 aliphatic carbocycles. The monoisotopic (exact) mass is 333 g/mol. The Hall–Kier alpha value is -1.53. The van der Waals surface area contributed by atoms with Gasteiger partial charge in [-0.05, 0) is 36.6 Å². The summed E-state index contributed by atoms with van der Waals surface area (Å²) in [5.41, 5.74) is 2.32. The van der Waals surface area contributed by atoms with E-state index in [0.717, 1.165) is 10.6 Å². The van der Waals surface area contributed by atoms with Gasteiger partial charge >= 0.3 is 0 Å². The highest BCUT2D eigenvalue weighted by Gasteiger charge is 2.60. The lowest BCUT2D eigenvalue weighted by Crippen LogP contribution is -2.16. The molecule has 0 unspecified atom stereocenters. The molecule has 2 aromatic rings. The number of thiophene rings is 1. The van der Waals surface area contributed by atoms with Gasteiger partial charge in [0.05, 0.1) is 5.92 Å². The number of nitrogens with zero attached hydrogens (tertiary/aromatic N) is 2. The fraction of sp³-hybridized carbons (Fsp3) is 0.438. The van der Waals surface area contributed by atoms with E-state index in [-0.39, 0.29) is 17.2 Å². The summed E-state index contributed by atoms with van der Waals surface area (Å²) in [4.78, 5) is 12.5. The zero-order valence-corrected chi connectivity index (χ0v) is 14.7. The molecule has 3 rings (SSSR count). The summed E-state index contributed by atoms with van der Waals surface area (Å²) < 4.78 is 0. The summed E-state index contributed by atoms with van der Waals surface area (Å²) in [5, 5.41) is 16.6.